The van der Waals surface area contributed by atoms with E-state index in [0.717, 1.165) is 23.8 Å². The number of fused-ring (bicyclic) bond motifs is 1. The normalized spacial score (nSPS) is 16.0. The van der Waals surface area contributed by atoms with Gasteiger partial charge in [0.05, 0.1) is 5.52 Å². The van der Waals surface area contributed by atoms with E-state index in [9.17, 15) is 22.0 Å². The number of nitrogens with one attached hydrogen (secondary N) is 2. The molecule has 0 bridgehead atoms. The third-order valence-electron chi connectivity index (χ3n) is 5.06. The fraction of sp³-hybridized carbons (Fsp3) is 0.250. The molecule has 2 N–H and O–H groups in total. The highest BCUT2D eigenvalue weighted by Crippen LogP contribution is 2.35. The SMILES string of the molecule is Fc1ccc(C2(CNc3cc(C(F)(F)F)nc4ccc(F)cc34)CNC2)cc1. The highest BCUT2D eigenvalue weighted by molar-refractivity contribution is 5.91. The van der Waals surface area contributed by atoms with E-state index in [1.165, 1.54) is 18.2 Å². The Hall–Kier alpha value is -2.74. The number of anilines is 1. The Labute approximate surface area is 157 Å². The number of hydrogen-bond donors (Lipinski definition) is 2. The molecule has 0 amide bonds. The van der Waals surface area contributed by atoms with Gasteiger partial charge < -0.3 is 10.6 Å². The first-order valence-electron chi connectivity index (χ1n) is 8.65. The average molecular weight is 393 g/mol. The van der Waals surface area contributed by atoms with Gasteiger partial charge in [0.1, 0.15) is 17.3 Å². The first-order chi connectivity index (χ1) is 13.3. The molecule has 1 aromatic heterocycles. The summed E-state index contributed by atoms with van der Waals surface area (Å²) in [4.78, 5) is 3.61. The fourth-order valence-electron chi connectivity index (χ4n) is 3.42. The van der Waals surface area contributed by atoms with Gasteiger partial charge >= 0.3 is 6.18 Å². The van der Waals surface area contributed by atoms with Crippen LogP contribution in [-0.4, -0.2) is 24.6 Å². The van der Waals surface area contributed by atoms with Gasteiger partial charge in [-0.1, -0.05) is 12.1 Å². The van der Waals surface area contributed by atoms with Crippen LogP contribution in [-0.2, 0) is 11.6 Å². The maximum atomic E-state index is 13.7. The number of benzene rings is 2. The van der Waals surface area contributed by atoms with E-state index in [4.69, 9.17) is 0 Å². The molecule has 0 saturated carbocycles. The lowest BCUT2D eigenvalue weighted by Crippen LogP contribution is -2.60. The van der Waals surface area contributed by atoms with E-state index in [0.29, 0.717) is 19.6 Å². The lowest BCUT2D eigenvalue weighted by molar-refractivity contribution is -0.140. The van der Waals surface area contributed by atoms with E-state index in [1.807, 2.05) is 0 Å². The Kier molecular flexibility index (Phi) is 4.45. The molecule has 1 fully saturated rings. The van der Waals surface area contributed by atoms with Crippen LogP contribution in [0.25, 0.3) is 10.9 Å². The van der Waals surface area contributed by atoms with Crippen molar-refractivity contribution in [2.24, 2.45) is 0 Å². The average Bonchev–Trinajstić information content (AvgIpc) is 2.61. The summed E-state index contributed by atoms with van der Waals surface area (Å²) in [5.41, 5.74) is -0.349. The quantitative estimate of drug-likeness (QED) is 0.642. The largest absolute Gasteiger partial charge is 0.433 e. The molecule has 0 spiro atoms. The molecule has 0 radical (unpaired) electrons. The summed E-state index contributed by atoms with van der Waals surface area (Å²) < 4.78 is 66.6. The lowest BCUT2D eigenvalue weighted by Gasteiger charge is -2.43. The summed E-state index contributed by atoms with van der Waals surface area (Å²) in [5.74, 6) is -0.916. The maximum Gasteiger partial charge on any atom is 0.433 e. The zero-order chi connectivity index (χ0) is 19.9. The molecule has 0 aliphatic carbocycles. The van der Waals surface area contributed by atoms with Gasteiger partial charge in [0.25, 0.3) is 0 Å². The highest BCUT2D eigenvalue weighted by atomic mass is 19.4. The third kappa shape index (κ3) is 3.40. The van der Waals surface area contributed by atoms with E-state index in [-0.39, 0.29) is 22.4 Å². The second kappa shape index (κ2) is 6.70. The van der Waals surface area contributed by atoms with Gasteiger partial charge in [-0.25, -0.2) is 13.8 Å². The van der Waals surface area contributed by atoms with Crippen molar-refractivity contribution in [2.75, 3.05) is 25.0 Å². The molecule has 2 aromatic carbocycles. The summed E-state index contributed by atoms with van der Waals surface area (Å²) >= 11 is 0. The smallest absolute Gasteiger partial charge is 0.383 e. The molecule has 3 aromatic rings. The van der Waals surface area contributed by atoms with Crippen LogP contribution in [0.5, 0.6) is 0 Å². The summed E-state index contributed by atoms with van der Waals surface area (Å²) in [5, 5.41) is 6.46. The van der Waals surface area contributed by atoms with Crippen molar-refractivity contribution in [3.63, 3.8) is 0 Å². The standard InChI is InChI=1S/C20H16F5N3/c21-13-3-1-12(2-4-13)19(9-26-10-19)11-27-17-8-18(20(23,24)25)28-16-6-5-14(22)7-15(16)17/h1-8,26H,9-11H2,(H,27,28). The number of alkyl halides is 3. The zero-order valence-electron chi connectivity index (χ0n) is 14.6. The van der Waals surface area contributed by atoms with Gasteiger partial charge in [0.15, 0.2) is 0 Å². The number of rotatable bonds is 4. The molecule has 0 unspecified atom stereocenters. The first kappa shape index (κ1) is 18.6. The molecule has 28 heavy (non-hydrogen) atoms. The monoisotopic (exact) mass is 393 g/mol. The zero-order valence-corrected chi connectivity index (χ0v) is 14.6. The van der Waals surface area contributed by atoms with Crippen molar-refractivity contribution in [1.82, 2.24) is 10.3 Å². The van der Waals surface area contributed by atoms with Crippen LogP contribution in [0.4, 0.5) is 27.6 Å². The van der Waals surface area contributed by atoms with Crippen molar-refractivity contribution in [2.45, 2.75) is 11.6 Å². The molecular weight excluding hydrogens is 377 g/mol. The van der Waals surface area contributed by atoms with Crippen LogP contribution in [0.3, 0.4) is 0 Å². The summed E-state index contributed by atoms with van der Waals surface area (Å²) in [6.45, 7) is 1.49. The lowest BCUT2D eigenvalue weighted by atomic mass is 9.75. The minimum Gasteiger partial charge on any atom is -0.383 e. The van der Waals surface area contributed by atoms with Crippen LogP contribution in [0.2, 0.25) is 0 Å². The molecule has 8 heteroatoms. The number of halogens is 5. The van der Waals surface area contributed by atoms with Crippen molar-refractivity contribution >= 4 is 16.6 Å². The van der Waals surface area contributed by atoms with Crippen molar-refractivity contribution in [3.05, 3.63) is 71.4 Å². The molecule has 1 aliphatic rings. The van der Waals surface area contributed by atoms with Crippen molar-refractivity contribution in [1.29, 1.82) is 0 Å². The van der Waals surface area contributed by atoms with Crippen LogP contribution in [0, 0.1) is 11.6 Å². The Bertz CT molecular complexity index is 1010. The topological polar surface area (TPSA) is 37.0 Å². The molecule has 1 aliphatic heterocycles. The third-order valence-corrected chi connectivity index (χ3v) is 5.06. The Balaban J connectivity index is 1.70. The second-order valence-electron chi connectivity index (χ2n) is 6.96. The summed E-state index contributed by atoms with van der Waals surface area (Å²) in [7, 11) is 0. The minimum atomic E-state index is -4.62. The van der Waals surface area contributed by atoms with Gasteiger partial charge in [0, 0.05) is 36.1 Å². The van der Waals surface area contributed by atoms with E-state index >= 15 is 0 Å². The van der Waals surface area contributed by atoms with Crippen molar-refractivity contribution in [3.8, 4) is 0 Å². The molecular formula is C20H16F5N3. The molecule has 2 heterocycles. The molecule has 0 atom stereocenters. The van der Waals surface area contributed by atoms with Crippen LogP contribution < -0.4 is 10.6 Å². The second-order valence-corrected chi connectivity index (χ2v) is 6.96. The first-order valence-corrected chi connectivity index (χ1v) is 8.65. The van der Waals surface area contributed by atoms with Crippen LogP contribution in [0.1, 0.15) is 11.3 Å². The number of aromatic nitrogens is 1. The number of pyridine rings is 1. The minimum absolute atomic E-state index is 0.0568. The van der Waals surface area contributed by atoms with E-state index in [2.05, 4.69) is 15.6 Å². The van der Waals surface area contributed by atoms with Crippen molar-refractivity contribution < 1.29 is 22.0 Å². The van der Waals surface area contributed by atoms with Gasteiger partial charge in [-0.05, 0) is 42.0 Å². The van der Waals surface area contributed by atoms with E-state index < -0.39 is 23.1 Å². The Morgan fingerprint density at radius 2 is 1.64 bits per heavy atom. The van der Waals surface area contributed by atoms with Gasteiger partial charge in [-0.2, -0.15) is 13.2 Å². The number of nitrogens with zero attached hydrogens (tertiary/aromatic N) is 1. The predicted molar refractivity (Wildman–Crippen MR) is 96.1 cm³/mol. The highest BCUT2D eigenvalue weighted by Gasteiger charge is 2.39. The molecule has 146 valence electrons. The maximum absolute atomic E-state index is 13.7. The summed E-state index contributed by atoms with van der Waals surface area (Å²) in [6.07, 6.45) is -4.62. The van der Waals surface area contributed by atoms with Crippen LogP contribution >= 0.6 is 0 Å². The molecule has 1 saturated heterocycles. The fourth-order valence-corrected chi connectivity index (χ4v) is 3.42. The summed E-state index contributed by atoms with van der Waals surface area (Å²) in [6, 6.07) is 10.4. The van der Waals surface area contributed by atoms with Gasteiger partial charge in [0.2, 0.25) is 0 Å². The Morgan fingerprint density at radius 3 is 2.25 bits per heavy atom. The Morgan fingerprint density at radius 1 is 0.964 bits per heavy atom. The van der Waals surface area contributed by atoms with E-state index in [1.54, 1.807) is 12.1 Å². The number of hydrogen-bond acceptors (Lipinski definition) is 3. The molecule has 4 rings (SSSR count). The van der Waals surface area contributed by atoms with Crippen LogP contribution in [0.15, 0.2) is 48.5 Å². The van der Waals surface area contributed by atoms with Gasteiger partial charge in [-0.3, -0.25) is 0 Å². The van der Waals surface area contributed by atoms with Gasteiger partial charge in [-0.15, -0.1) is 0 Å². The predicted octanol–water partition coefficient (Wildman–Crippen LogP) is 4.48. The molecule has 3 nitrogen and oxygen atoms in total.